The standard InChI is InChI=1S/C16H14N4O5/c1-2-9-17-16(21)12-5-3-4-6-13(12)18-14-8-7-11(19(22)23)10-15(14)20(24)25/h2-8,10,18H,1,9H2,(H,17,21). The van der Waals surface area contributed by atoms with E-state index in [1.54, 1.807) is 24.3 Å². The Balaban J connectivity index is 2.40. The van der Waals surface area contributed by atoms with Crippen LogP contribution in [0.5, 0.6) is 0 Å². The molecule has 0 heterocycles. The summed E-state index contributed by atoms with van der Waals surface area (Å²) >= 11 is 0. The fourth-order valence-corrected chi connectivity index (χ4v) is 2.09. The van der Waals surface area contributed by atoms with Gasteiger partial charge in [0.15, 0.2) is 0 Å². The molecule has 2 N–H and O–H groups in total. The van der Waals surface area contributed by atoms with E-state index in [1.165, 1.54) is 12.1 Å². The third kappa shape index (κ3) is 4.16. The SMILES string of the molecule is C=CCNC(=O)c1ccccc1Nc1ccc([N+](=O)[O-])cc1[N+](=O)[O-]. The molecular weight excluding hydrogens is 328 g/mol. The smallest absolute Gasteiger partial charge is 0.299 e. The van der Waals surface area contributed by atoms with E-state index in [0.717, 1.165) is 12.1 Å². The zero-order valence-corrected chi connectivity index (χ0v) is 13.0. The van der Waals surface area contributed by atoms with E-state index >= 15 is 0 Å². The van der Waals surface area contributed by atoms with Crippen molar-refractivity contribution in [1.82, 2.24) is 5.32 Å². The Morgan fingerprint density at radius 1 is 1.08 bits per heavy atom. The van der Waals surface area contributed by atoms with E-state index in [9.17, 15) is 25.0 Å². The molecule has 9 heteroatoms. The van der Waals surface area contributed by atoms with Gasteiger partial charge in [-0.2, -0.15) is 0 Å². The molecule has 2 rings (SSSR count). The Morgan fingerprint density at radius 2 is 1.80 bits per heavy atom. The first-order chi connectivity index (χ1) is 11.9. The lowest BCUT2D eigenvalue weighted by Crippen LogP contribution is -2.24. The van der Waals surface area contributed by atoms with Gasteiger partial charge in [0.1, 0.15) is 5.69 Å². The number of amides is 1. The molecule has 0 bridgehead atoms. The third-order valence-electron chi connectivity index (χ3n) is 3.24. The number of hydrogen-bond acceptors (Lipinski definition) is 6. The van der Waals surface area contributed by atoms with Gasteiger partial charge < -0.3 is 10.6 Å². The fraction of sp³-hybridized carbons (Fsp3) is 0.0625. The Kier molecular flexibility index (Phi) is 5.41. The number of para-hydroxylation sites is 1. The molecule has 0 fully saturated rings. The summed E-state index contributed by atoms with van der Waals surface area (Å²) in [4.78, 5) is 32.7. The highest BCUT2D eigenvalue weighted by Gasteiger charge is 2.21. The predicted molar refractivity (Wildman–Crippen MR) is 92.0 cm³/mol. The van der Waals surface area contributed by atoms with E-state index in [-0.39, 0.29) is 23.7 Å². The van der Waals surface area contributed by atoms with Crippen LogP contribution < -0.4 is 10.6 Å². The molecule has 0 unspecified atom stereocenters. The number of nitrogens with zero attached hydrogens (tertiary/aromatic N) is 2. The van der Waals surface area contributed by atoms with Crippen molar-refractivity contribution in [2.24, 2.45) is 0 Å². The van der Waals surface area contributed by atoms with Gasteiger partial charge in [-0.15, -0.1) is 6.58 Å². The van der Waals surface area contributed by atoms with Crippen LogP contribution in [0.1, 0.15) is 10.4 Å². The zero-order valence-electron chi connectivity index (χ0n) is 13.0. The van der Waals surface area contributed by atoms with Gasteiger partial charge in [0.2, 0.25) is 0 Å². The molecule has 0 radical (unpaired) electrons. The summed E-state index contributed by atoms with van der Waals surface area (Å²) < 4.78 is 0. The van der Waals surface area contributed by atoms with Crippen LogP contribution >= 0.6 is 0 Å². The number of hydrogen-bond donors (Lipinski definition) is 2. The van der Waals surface area contributed by atoms with E-state index in [1.807, 2.05) is 0 Å². The average molecular weight is 342 g/mol. The maximum atomic E-state index is 12.2. The number of non-ortho nitro benzene ring substituents is 1. The molecule has 0 aliphatic rings. The summed E-state index contributed by atoms with van der Waals surface area (Å²) in [6.07, 6.45) is 1.52. The topological polar surface area (TPSA) is 127 Å². The lowest BCUT2D eigenvalue weighted by atomic mass is 10.1. The molecule has 0 saturated heterocycles. The highest BCUT2D eigenvalue weighted by Crippen LogP contribution is 2.32. The summed E-state index contributed by atoms with van der Waals surface area (Å²) in [5, 5.41) is 27.4. The van der Waals surface area contributed by atoms with E-state index < -0.39 is 21.2 Å². The maximum Gasteiger partial charge on any atom is 0.299 e. The van der Waals surface area contributed by atoms with Gasteiger partial charge in [-0.05, 0) is 18.2 Å². The molecule has 0 aliphatic carbocycles. The largest absolute Gasteiger partial charge is 0.349 e. The highest BCUT2D eigenvalue weighted by molar-refractivity contribution is 6.00. The monoisotopic (exact) mass is 342 g/mol. The third-order valence-corrected chi connectivity index (χ3v) is 3.24. The quantitative estimate of drug-likeness (QED) is 0.452. The molecule has 0 atom stereocenters. The van der Waals surface area contributed by atoms with E-state index in [4.69, 9.17) is 0 Å². The Labute approximate surface area is 142 Å². The first-order valence-corrected chi connectivity index (χ1v) is 7.12. The number of rotatable bonds is 7. The van der Waals surface area contributed by atoms with E-state index in [2.05, 4.69) is 17.2 Å². The predicted octanol–water partition coefficient (Wildman–Crippen LogP) is 3.16. The van der Waals surface area contributed by atoms with Crippen LogP contribution in [0.25, 0.3) is 0 Å². The summed E-state index contributed by atoms with van der Waals surface area (Å²) in [6, 6.07) is 9.68. The molecule has 0 spiro atoms. The maximum absolute atomic E-state index is 12.2. The van der Waals surface area contributed by atoms with Gasteiger partial charge in [0, 0.05) is 12.6 Å². The lowest BCUT2D eigenvalue weighted by molar-refractivity contribution is -0.393. The van der Waals surface area contributed by atoms with Crippen LogP contribution in [0.3, 0.4) is 0 Å². The van der Waals surface area contributed by atoms with Gasteiger partial charge in [-0.3, -0.25) is 25.0 Å². The van der Waals surface area contributed by atoms with Crippen LogP contribution in [-0.2, 0) is 0 Å². The number of benzene rings is 2. The van der Waals surface area contributed by atoms with E-state index in [0.29, 0.717) is 5.69 Å². The summed E-state index contributed by atoms with van der Waals surface area (Å²) in [5.74, 6) is -0.382. The van der Waals surface area contributed by atoms with Gasteiger partial charge in [0.05, 0.1) is 27.2 Å². The Morgan fingerprint density at radius 3 is 2.44 bits per heavy atom. The van der Waals surface area contributed by atoms with Crippen molar-refractivity contribution in [2.75, 3.05) is 11.9 Å². The van der Waals surface area contributed by atoms with Crippen molar-refractivity contribution in [2.45, 2.75) is 0 Å². The van der Waals surface area contributed by atoms with Gasteiger partial charge in [0.25, 0.3) is 17.3 Å². The van der Waals surface area contributed by atoms with Crippen molar-refractivity contribution >= 4 is 28.7 Å². The number of carbonyl (C=O) groups excluding carboxylic acids is 1. The van der Waals surface area contributed by atoms with Gasteiger partial charge in [-0.1, -0.05) is 18.2 Å². The van der Waals surface area contributed by atoms with Crippen LogP contribution in [0, 0.1) is 20.2 Å². The summed E-state index contributed by atoms with van der Waals surface area (Å²) in [7, 11) is 0. The number of nitrogens with one attached hydrogen (secondary N) is 2. The second kappa shape index (κ2) is 7.68. The Hall–Kier alpha value is -3.75. The number of nitro benzene ring substituents is 2. The normalized spacial score (nSPS) is 9.92. The molecule has 128 valence electrons. The molecule has 0 aliphatic heterocycles. The van der Waals surface area contributed by atoms with Gasteiger partial charge in [-0.25, -0.2) is 0 Å². The second-order valence-electron chi connectivity index (χ2n) is 4.88. The molecule has 2 aromatic rings. The average Bonchev–Trinajstić information content (AvgIpc) is 2.60. The summed E-state index contributed by atoms with van der Waals surface area (Å²) in [5.41, 5.74) is -0.206. The molecular formula is C16H14N4O5. The van der Waals surface area contributed by atoms with Crippen molar-refractivity contribution in [1.29, 1.82) is 0 Å². The summed E-state index contributed by atoms with van der Waals surface area (Å²) in [6.45, 7) is 3.78. The highest BCUT2D eigenvalue weighted by atomic mass is 16.6. The molecule has 2 aromatic carbocycles. The van der Waals surface area contributed by atoms with Crippen LogP contribution in [-0.4, -0.2) is 22.3 Å². The van der Waals surface area contributed by atoms with Gasteiger partial charge >= 0.3 is 0 Å². The molecule has 9 nitrogen and oxygen atoms in total. The van der Waals surface area contributed by atoms with Crippen molar-refractivity contribution in [3.05, 3.63) is 80.9 Å². The van der Waals surface area contributed by atoms with Crippen molar-refractivity contribution in [3.63, 3.8) is 0 Å². The molecule has 25 heavy (non-hydrogen) atoms. The number of nitro groups is 2. The second-order valence-corrected chi connectivity index (χ2v) is 4.88. The first kappa shape index (κ1) is 17.6. The lowest BCUT2D eigenvalue weighted by Gasteiger charge is -2.12. The van der Waals surface area contributed by atoms with Crippen LogP contribution in [0.2, 0.25) is 0 Å². The minimum Gasteiger partial charge on any atom is -0.349 e. The molecule has 1 amide bonds. The molecule has 0 aromatic heterocycles. The van der Waals surface area contributed by atoms with Crippen LogP contribution in [0.4, 0.5) is 22.7 Å². The number of anilines is 2. The Bertz CT molecular complexity index is 850. The number of carbonyl (C=O) groups is 1. The molecule has 0 saturated carbocycles. The zero-order chi connectivity index (χ0) is 18.4. The van der Waals surface area contributed by atoms with Crippen LogP contribution in [0.15, 0.2) is 55.1 Å². The fourth-order valence-electron chi connectivity index (χ4n) is 2.09. The minimum absolute atomic E-state index is 0.0413. The first-order valence-electron chi connectivity index (χ1n) is 7.12. The van der Waals surface area contributed by atoms with Crippen molar-refractivity contribution < 1.29 is 14.6 Å². The van der Waals surface area contributed by atoms with Crippen molar-refractivity contribution in [3.8, 4) is 0 Å². The minimum atomic E-state index is -0.726.